The number of carbonyl (C=O) groups excluding carboxylic acids is 1. The number of hydrogen-bond donors (Lipinski definition) is 0. The highest BCUT2D eigenvalue weighted by Gasteiger charge is 2.18. The predicted molar refractivity (Wildman–Crippen MR) is 101 cm³/mol. The first-order valence-electron chi connectivity index (χ1n) is 8.85. The summed E-state index contributed by atoms with van der Waals surface area (Å²) in [6.45, 7) is 2.00. The molecule has 0 atom stereocenters. The molecule has 0 fully saturated rings. The summed E-state index contributed by atoms with van der Waals surface area (Å²) < 4.78 is 7.07. The van der Waals surface area contributed by atoms with Gasteiger partial charge in [0, 0.05) is 16.6 Å². The third-order valence-corrected chi connectivity index (χ3v) is 5.93. The fourth-order valence-corrected chi connectivity index (χ4v) is 4.62. The minimum absolute atomic E-state index is 0.0268. The van der Waals surface area contributed by atoms with Crippen LogP contribution in [0.2, 0.25) is 0 Å². The molecule has 0 amide bonds. The third-order valence-electron chi connectivity index (χ3n) is 4.79. The van der Waals surface area contributed by atoms with Gasteiger partial charge in [0.25, 0.3) is 5.56 Å². The van der Waals surface area contributed by atoms with E-state index in [1.54, 1.807) is 15.7 Å². The Hall–Kier alpha value is -2.47. The zero-order valence-corrected chi connectivity index (χ0v) is 15.5. The van der Waals surface area contributed by atoms with Crippen molar-refractivity contribution >= 4 is 22.3 Å². The molecule has 0 bridgehead atoms. The van der Waals surface area contributed by atoms with E-state index < -0.39 is 0 Å². The summed E-state index contributed by atoms with van der Waals surface area (Å²) in [5.74, 6) is -0.313. The van der Waals surface area contributed by atoms with Gasteiger partial charge in [0.15, 0.2) is 4.96 Å². The van der Waals surface area contributed by atoms with Gasteiger partial charge in [0.05, 0.1) is 12.1 Å². The van der Waals surface area contributed by atoms with Crippen molar-refractivity contribution in [2.75, 3.05) is 0 Å². The van der Waals surface area contributed by atoms with Crippen LogP contribution in [0.1, 0.15) is 40.2 Å². The quantitative estimate of drug-likeness (QED) is 0.664. The van der Waals surface area contributed by atoms with Crippen LogP contribution in [0.4, 0.5) is 0 Å². The number of benzene rings is 1. The second kappa shape index (κ2) is 7.03. The summed E-state index contributed by atoms with van der Waals surface area (Å²) in [5, 5.41) is 0. The maximum absolute atomic E-state index is 12.5. The largest absolute Gasteiger partial charge is 0.459 e. The van der Waals surface area contributed by atoms with Gasteiger partial charge in [-0.3, -0.25) is 14.0 Å². The van der Waals surface area contributed by atoms with Gasteiger partial charge in [-0.2, -0.15) is 0 Å². The number of aromatic nitrogens is 2. The van der Waals surface area contributed by atoms with E-state index in [0.29, 0.717) is 10.7 Å². The van der Waals surface area contributed by atoms with Crippen molar-refractivity contribution in [1.82, 2.24) is 9.38 Å². The lowest BCUT2D eigenvalue weighted by molar-refractivity contribution is -0.144. The second-order valence-electron chi connectivity index (χ2n) is 6.65. The van der Waals surface area contributed by atoms with Crippen LogP contribution in [-0.2, 0) is 35.4 Å². The normalized spacial score (nSPS) is 13.6. The molecule has 0 saturated heterocycles. The number of aryl methyl sites for hydroxylation is 3. The standard InChI is InChI=1S/C20H20N2O3S/c1-13-6-2-3-7-14(13)10-19(24)25-12-15-11-18(23)22-16-8-4-5-9-17(16)26-20(22)21-15/h2-3,6-7,11H,4-5,8-10,12H2,1H3. The first kappa shape index (κ1) is 17.0. The Morgan fingerprint density at radius 1 is 1.27 bits per heavy atom. The molecular weight excluding hydrogens is 348 g/mol. The zero-order valence-electron chi connectivity index (χ0n) is 14.7. The highest BCUT2D eigenvalue weighted by Crippen LogP contribution is 2.28. The van der Waals surface area contributed by atoms with Crippen molar-refractivity contribution in [3.05, 3.63) is 68.1 Å². The van der Waals surface area contributed by atoms with Crippen molar-refractivity contribution in [2.24, 2.45) is 0 Å². The Balaban J connectivity index is 1.50. The summed E-state index contributed by atoms with van der Waals surface area (Å²) in [4.78, 5) is 31.1. The molecule has 0 aliphatic heterocycles. The molecule has 6 heteroatoms. The highest BCUT2D eigenvalue weighted by molar-refractivity contribution is 7.17. The first-order chi connectivity index (χ1) is 12.6. The Morgan fingerprint density at radius 3 is 2.92 bits per heavy atom. The molecule has 26 heavy (non-hydrogen) atoms. The summed E-state index contributed by atoms with van der Waals surface area (Å²) in [5.41, 5.74) is 3.54. The SMILES string of the molecule is Cc1ccccc1CC(=O)OCc1cc(=O)n2c3c(sc2n1)CCCC3. The molecular formula is C20H20N2O3S. The lowest BCUT2D eigenvalue weighted by Crippen LogP contribution is -2.19. The molecule has 2 aromatic heterocycles. The number of thiazole rings is 1. The van der Waals surface area contributed by atoms with Gasteiger partial charge in [0.1, 0.15) is 6.61 Å². The molecule has 134 valence electrons. The number of nitrogens with zero attached hydrogens (tertiary/aromatic N) is 2. The first-order valence-corrected chi connectivity index (χ1v) is 9.67. The average Bonchev–Trinajstić information content (AvgIpc) is 3.01. The molecule has 0 unspecified atom stereocenters. The van der Waals surface area contributed by atoms with E-state index in [9.17, 15) is 9.59 Å². The molecule has 0 saturated carbocycles. The number of esters is 1. The minimum atomic E-state index is -0.313. The summed E-state index contributed by atoms with van der Waals surface area (Å²) in [6.07, 6.45) is 4.45. The Bertz CT molecular complexity index is 1040. The zero-order chi connectivity index (χ0) is 18.1. The maximum Gasteiger partial charge on any atom is 0.310 e. The van der Waals surface area contributed by atoms with Crippen molar-refractivity contribution in [3.63, 3.8) is 0 Å². The van der Waals surface area contributed by atoms with Gasteiger partial charge in [0.2, 0.25) is 0 Å². The fourth-order valence-electron chi connectivity index (χ4n) is 3.39. The molecule has 5 nitrogen and oxygen atoms in total. The van der Waals surface area contributed by atoms with Gasteiger partial charge in [-0.25, -0.2) is 4.98 Å². The smallest absolute Gasteiger partial charge is 0.310 e. The van der Waals surface area contributed by atoms with Crippen LogP contribution in [0, 0.1) is 6.92 Å². The molecule has 0 spiro atoms. The molecule has 1 aliphatic rings. The molecule has 1 aromatic carbocycles. The number of fused-ring (bicyclic) bond motifs is 3. The van der Waals surface area contributed by atoms with E-state index in [-0.39, 0.29) is 24.6 Å². The predicted octanol–water partition coefficient (Wildman–Crippen LogP) is 3.23. The van der Waals surface area contributed by atoms with Crippen LogP contribution >= 0.6 is 11.3 Å². The lowest BCUT2D eigenvalue weighted by Gasteiger charge is -2.10. The number of rotatable bonds is 4. The van der Waals surface area contributed by atoms with E-state index in [0.717, 1.165) is 42.5 Å². The van der Waals surface area contributed by atoms with Crippen LogP contribution in [0.15, 0.2) is 35.1 Å². The van der Waals surface area contributed by atoms with Gasteiger partial charge in [-0.1, -0.05) is 24.3 Å². The number of ether oxygens (including phenoxy) is 1. The van der Waals surface area contributed by atoms with Gasteiger partial charge >= 0.3 is 5.97 Å². The average molecular weight is 368 g/mol. The van der Waals surface area contributed by atoms with Gasteiger partial charge in [-0.15, -0.1) is 11.3 Å². The number of hydrogen-bond acceptors (Lipinski definition) is 5. The van der Waals surface area contributed by atoms with Crippen molar-refractivity contribution < 1.29 is 9.53 Å². The summed E-state index contributed by atoms with van der Waals surface area (Å²) in [6, 6.07) is 9.22. The Labute approximate surface area is 155 Å². The molecule has 0 radical (unpaired) electrons. The molecule has 2 heterocycles. The van der Waals surface area contributed by atoms with Crippen molar-refractivity contribution in [2.45, 2.75) is 45.6 Å². The van der Waals surface area contributed by atoms with Crippen LogP contribution in [0.3, 0.4) is 0 Å². The van der Waals surface area contributed by atoms with Crippen LogP contribution < -0.4 is 5.56 Å². The second-order valence-corrected chi connectivity index (χ2v) is 7.71. The molecule has 0 N–H and O–H groups in total. The monoisotopic (exact) mass is 368 g/mol. The van der Waals surface area contributed by atoms with Gasteiger partial charge < -0.3 is 4.74 Å². The van der Waals surface area contributed by atoms with E-state index in [2.05, 4.69) is 4.98 Å². The van der Waals surface area contributed by atoms with E-state index in [1.807, 2.05) is 31.2 Å². The van der Waals surface area contributed by atoms with E-state index in [1.165, 1.54) is 10.9 Å². The van der Waals surface area contributed by atoms with Crippen LogP contribution in [0.25, 0.3) is 4.96 Å². The fraction of sp³-hybridized carbons (Fsp3) is 0.350. The molecule has 1 aliphatic carbocycles. The van der Waals surface area contributed by atoms with Crippen LogP contribution in [-0.4, -0.2) is 15.4 Å². The van der Waals surface area contributed by atoms with Crippen molar-refractivity contribution in [1.29, 1.82) is 0 Å². The lowest BCUT2D eigenvalue weighted by atomic mass is 10.0. The van der Waals surface area contributed by atoms with Gasteiger partial charge in [-0.05, 0) is 43.7 Å². The molecule has 3 aromatic rings. The van der Waals surface area contributed by atoms with E-state index in [4.69, 9.17) is 4.74 Å². The van der Waals surface area contributed by atoms with Crippen molar-refractivity contribution in [3.8, 4) is 0 Å². The Kier molecular flexibility index (Phi) is 4.59. The third kappa shape index (κ3) is 3.29. The number of carbonyl (C=O) groups is 1. The Morgan fingerprint density at radius 2 is 2.08 bits per heavy atom. The van der Waals surface area contributed by atoms with Crippen LogP contribution in [0.5, 0.6) is 0 Å². The minimum Gasteiger partial charge on any atom is -0.459 e. The maximum atomic E-state index is 12.5. The highest BCUT2D eigenvalue weighted by atomic mass is 32.1. The van der Waals surface area contributed by atoms with E-state index >= 15 is 0 Å². The summed E-state index contributed by atoms with van der Waals surface area (Å²) >= 11 is 1.58. The topological polar surface area (TPSA) is 60.7 Å². The molecule has 4 rings (SSSR count). The summed E-state index contributed by atoms with van der Waals surface area (Å²) in [7, 11) is 0.